The predicted octanol–water partition coefficient (Wildman–Crippen LogP) is 3.75. The number of ether oxygens (including phenoxy) is 2. The first-order valence-electron chi connectivity index (χ1n) is 7.79. The number of anilines is 2. The van der Waals surface area contributed by atoms with Gasteiger partial charge < -0.3 is 14.8 Å². The molecule has 0 aromatic heterocycles. The van der Waals surface area contributed by atoms with Crippen LogP contribution in [0.5, 0.6) is 11.5 Å². The molecule has 8 heteroatoms. The van der Waals surface area contributed by atoms with Crippen molar-refractivity contribution in [2.24, 2.45) is 0 Å². The molecular formula is C18H16Cl2N2O4. The Labute approximate surface area is 160 Å². The molecule has 0 fully saturated rings. The molecule has 1 atom stereocenters. The number of nitrogens with zero attached hydrogens (tertiary/aromatic N) is 1. The van der Waals surface area contributed by atoms with Crippen LogP contribution in [0.4, 0.5) is 11.4 Å². The number of benzene rings is 2. The van der Waals surface area contributed by atoms with Crippen LogP contribution in [0.2, 0.25) is 10.0 Å². The minimum atomic E-state index is -0.799. The molecule has 2 amide bonds. The van der Waals surface area contributed by atoms with Gasteiger partial charge in [0.1, 0.15) is 17.5 Å². The second kappa shape index (κ2) is 7.43. The maximum absolute atomic E-state index is 12.8. The number of hydrogen-bond donors (Lipinski definition) is 1. The molecule has 0 bridgehead atoms. The fourth-order valence-electron chi connectivity index (χ4n) is 2.70. The topological polar surface area (TPSA) is 67.9 Å². The third-order valence-electron chi connectivity index (χ3n) is 3.99. The van der Waals surface area contributed by atoms with Crippen molar-refractivity contribution in [1.29, 1.82) is 0 Å². The van der Waals surface area contributed by atoms with E-state index >= 15 is 0 Å². The number of halogens is 2. The lowest BCUT2D eigenvalue weighted by Crippen LogP contribution is -2.49. The highest BCUT2D eigenvalue weighted by atomic mass is 35.5. The molecule has 2 aromatic carbocycles. The van der Waals surface area contributed by atoms with Gasteiger partial charge in [0.15, 0.2) is 6.61 Å². The van der Waals surface area contributed by atoms with Gasteiger partial charge in [0.05, 0.1) is 18.5 Å². The third-order valence-corrected chi connectivity index (χ3v) is 4.46. The lowest BCUT2D eigenvalue weighted by atomic mass is 10.1. The minimum Gasteiger partial charge on any atom is -0.495 e. The van der Waals surface area contributed by atoms with Gasteiger partial charge in [0.2, 0.25) is 5.91 Å². The van der Waals surface area contributed by atoms with Crippen molar-refractivity contribution in [3.8, 4) is 11.5 Å². The van der Waals surface area contributed by atoms with Gasteiger partial charge in [-0.25, -0.2) is 0 Å². The van der Waals surface area contributed by atoms with Crippen LogP contribution in [-0.4, -0.2) is 31.6 Å². The summed E-state index contributed by atoms with van der Waals surface area (Å²) < 4.78 is 10.6. The normalized spacial score (nSPS) is 14.3. The second-order valence-corrected chi connectivity index (χ2v) is 6.55. The quantitative estimate of drug-likeness (QED) is 0.856. The SMILES string of the molecule is COc1ccc(Cl)cc1NC(=O)C(C)N1C(=O)COc2ccc(Cl)cc21. The van der Waals surface area contributed by atoms with Crippen LogP contribution < -0.4 is 19.7 Å². The molecule has 2 aromatic rings. The van der Waals surface area contributed by atoms with Gasteiger partial charge >= 0.3 is 0 Å². The van der Waals surface area contributed by atoms with Gasteiger partial charge in [-0.15, -0.1) is 0 Å². The highest BCUT2D eigenvalue weighted by Crippen LogP contribution is 2.36. The van der Waals surface area contributed by atoms with Crippen molar-refractivity contribution in [3.63, 3.8) is 0 Å². The first-order valence-corrected chi connectivity index (χ1v) is 8.55. The number of carbonyl (C=O) groups is 2. The zero-order valence-corrected chi connectivity index (χ0v) is 15.6. The van der Waals surface area contributed by atoms with E-state index in [4.69, 9.17) is 32.7 Å². The molecule has 0 saturated heterocycles. The fourth-order valence-corrected chi connectivity index (χ4v) is 3.04. The Morgan fingerprint density at radius 3 is 2.65 bits per heavy atom. The first kappa shape index (κ1) is 18.4. The van der Waals surface area contributed by atoms with Crippen molar-refractivity contribution < 1.29 is 19.1 Å². The van der Waals surface area contributed by atoms with Crippen LogP contribution in [0.25, 0.3) is 0 Å². The van der Waals surface area contributed by atoms with Crippen LogP contribution in [-0.2, 0) is 9.59 Å². The number of hydrogen-bond acceptors (Lipinski definition) is 4. The molecule has 1 heterocycles. The summed E-state index contributed by atoms with van der Waals surface area (Å²) in [6, 6.07) is 9.01. The molecule has 1 aliphatic heterocycles. The number of nitrogens with one attached hydrogen (secondary N) is 1. The van der Waals surface area contributed by atoms with Crippen molar-refractivity contribution in [2.75, 3.05) is 23.9 Å². The molecule has 0 aliphatic carbocycles. The Hall–Kier alpha value is -2.44. The van der Waals surface area contributed by atoms with E-state index < -0.39 is 11.9 Å². The van der Waals surface area contributed by atoms with Crippen LogP contribution >= 0.6 is 23.2 Å². The van der Waals surface area contributed by atoms with E-state index in [1.807, 2.05) is 0 Å². The number of rotatable bonds is 4. The van der Waals surface area contributed by atoms with E-state index in [1.54, 1.807) is 43.3 Å². The summed E-state index contributed by atoms with van der Waals surface area (Å²) in [5.41, 5.74) is 0.873. The monoisotopic (exact) mass is 394 g/mol. The van der Waals surface area contributed by atoms with Crippen LogP contribution in [0, 0.1) is 0 Å². The zero-order valence-electron chi connectivity index (χ0n) is 14.1. The molecule has 3 rings (SSSR count). The summed E-state index contributed by atoms with van der Waals surface area (Å²) in [6.07, 6.45) is 0. The van der Waals surface area contributed by atoms with E-state index in [2.05, 4.69) is 5.32 Å². The van der Waals surface area contributed by atoms with Gasteiger partial charge in [-0.05, 0) is 43.3 Å². The van der Waals surface area contributed by atoms with Crippen molar-refractivity contribution >= 4 is 46.4 Å². The number of amides is 2. The molecule has 1 unspecified atom stereocenters. The summed E-state index contributed by atoms with van der Waals surface area (Å²) in [5, 5.41) is 3.64. The van der Waals surface area contributed by atoms with Gasteiger partial charge in [0, 0.05) is 10.0 Å². The molecule has 0 saturated carbocycles. The molecule has 1 aliphatic rings. The number of fused-ring (bicyclic) bond motifs is 1. The largest absolute Gasteiger partial charge is 0.495 e. The van der Waals surface area contributed by atoms with E-state index in [9.17, 15) is 9.59 Å². The lowest BCUT2D eigenvalue weighted by molar-refractivity contribution is -0.125. The average molecular weight is 395 g/mol. The standard InChI is InChI=1S/C18H16Cl2N2O4/c1-10(18(24)21-13-7-11(19)3-5-15(13)25-2)22-14-8-12(20)4-6-16(14)26-9-17(22)23/h3-8,10H,9H2,1-2H3,(H,21,24). The Bertz CT molecular complexity index is 872. The van der Waals surface area contributed by atoms with Crippen molar-refractivity contribution in [1.82, 2.24) is 0 Å². The maximum atomic E-state index is 12.8. The van der Waals surface area contributed by atoms with E-state index in [1.165, 1.54) is 12.0 Å². The average Bonchev–Trinajstić information content (AvgIpc) is 2.61. The van der Waals surface area contributed by atoms with E-state index in [0.29, 0.717) is 32.9 Å². The first-order chi connectivity index (χ1) is 12.4. The Morgan fingerprint density at radius 2 is 1.92 bits per heavy atom. The molecule has 0 spiro atoms. The van der Waals surface area contributed by atoms with Gasteiger partial charge in [-0.3, -0.25) is 14.5 Å². The fraction of sp³-hybridized carbons (Fsp3) is 0.222. The Balaban J connectivity index is 1.89. The second-order valence-electron chi connectivity index (χ2n) is 5.67. The predicted molar refractivity (Wildman–Crippen MR) is 101 cm³/mol. The molecular weight excluding hydrogens is 379 g/mol. The highest BCUT2D eigenvalue weighted by Gasteiger charge is 2.33. The van der Waals surface area contributed by atoms with Crippen LogP contribution in [0.15, 0.2) is 36.4 Å². The highest BCUT2D eigenvalue weighted by molar-refractivity contribution is 6.31. The summed E-state index contributed by atoms with van der Waals surface area (Å²) in [7, 11) is 1.49. The molecule has 136 valence electrons. The minimum absolute atomic E-state index is 0.146. The molecule has 26 heavy (non-hydrogen) atoms. The summed E-state index contributed by atoms with van der Waals surface area (Å²) in [4.78, 5) is 26.5. The number of carbonyl (C=O) groups excluding carboxylic acids is 2. The molecule has 1 N–H and O–H groups in total. The molecule has 6 nitrogen and oxygen atoms in total. The summed E-state index contributed by atoms with van der Waals surface area (Å²) in [5.74, 6) is 0.230. The maximum Gasteiger partial charge on any atom is 0.265 e. The van der Waals surface area contributed by atoms with Crippen molar-refractivity contribution in [3.05, 3.63) is 46.4 Å². The zero-order chi connectivity index (χ0) is 18.8. The molecule has 0 radical (unpaired) electrons. The number of methoxy groups -OCH3 is 1. The van der Waals surface area contributed by atoms with Gasteiger partial charge in [-0.2, -0.15) is 0 Å². The Kier molecular flexibility index (Phi) is 5.25. The Morgan fingerprint density at radius 1 is 1.23 bits per heavy atom. The smallest absolute Gasteiger partial charge is 0.265 e. The van der Waals surface area contributed by atoms with E-state index in [-0.39, 0.29) is 12.5 Å². The van der Waals surface area contributed by atoms with Crippen LogP contribution in [0.3, 0.4) is 0 Å². The summed E-state index contributed by atoms with van der Waals surface area (Å²) >= 11 is 12.0. The summed E-state index contributed by atoms with van der Waals surface area (Å²) in [6.45, 7) is 1.48. The van der Waals surface area contributed by atoms with Crippen molar-refractivity contribution in [2.45, 2.75) is 13.0 Å². The third kappa shape index (κ3) is 3.57. The lowest BCUT2D eigenvalue weighted by Gasteiger charge is -2.33. The van der Waals surface area contributed by atoms with Gasteiger partial charge in [0.25, 0.3) is 5.91 Å². The van der Waals surface area contributed by atoms with Crippen LogP contribution in [0.1, 0.15) is 6.92 Å². The van der Waals surface area contributed by atoms with E-state index in [0.717, 1.165) is 0 Å². The van der Waals surface area contributed by atoms with Gasteiger partial charge in [-0.1, -0.05) is 23.2 Å².